The van der Waals surface area contributed by atoms with Crippen molar-refractivity contribution in [1.29, 1.82) is 0 Å². The fourth-order valence-electron chi connectivity index (χ4n) is 2.80. The molecule has 0 aliphatic heterocycles. The third-order valence-electron chi connectivity index (χ3n) is 4.01. The summed E-state index contributed by atoms with van der Waals surface area (Å²) in [6.45, 7) is 2.51. The van der Waals surface area contributed by atoms with Crippen LogP contribution >= 0.6 is 0 Å². The van der Waals surface area contributed by atoms with Gasteiger partial charge < -0.3 is 9.72 Å². The first-order chi connectivity index (χ1) is 11.7. The van der Waals surface area contributed by atoms with Crippen LogP contribution in [0.5, 0.6) is 0 Å². The second-order valence-electron chi connectivity index (χ2n) is 5.83. The van der Waals surface area contributed by atoms with Gasteiger partial charge in [-0.1, -0.05) is 17.7 Å². The maximum absolute atomic E-state index is 12.4. The topological polar surface area (TPSA) is 75.1 Å². The molecule has 0 aliphatic carbocycles. The van der Waals surface area contributed by atoms with Crippen LogP contribution in [0.1, 0.15) is 21.7 Å². The van der Waals surface area contributed by atoms with E-state index in [4.69, 9.17) is 0 Å². The molecule has 1 amide bonds. The van der Waals surface area contributed by atoms with Crippen molar-refractivity contribution in [3.63, 3.8) is 0 Å². The number of hydrogen-bond donors (Lipinski definition) is 2. The Balaban J connectivity index is 1.45. The molecule has 4 aromatic rings. The van der Waals surface area contributed by atoms with Crippen LogP contribution in [-0.4, -0.2) is 32.0 Å². The normalized spacial score (nSPS) is 11.2. The predicted octanol–water partition coefficient (Wildman–Crippen LogP) is 2.49. The fourth-order valence-corrected chi connectivity index (χ4v) is 2.80. The number of benzene rings is 1. The van der Waals surface area contributed by atoms with Gasteiger partial charge in [0, 0.05) is 30.7 Å². The molecule has 6 nitrogen and oxygen atoms in total. The van der Waals surface area contributed by atoms with Crippen molar-refractivity contribution in [2.24, 2.45) is 0 Å². The Kier molecular flexibility index (Phi) is 3.49. The number of aromatic amines is 1. The molecule has 6 heteroatoms. The standard InChI is InChI=1S/C18H17N5O/c1-12-5-6-15-14(10-12)17(22-21-15)18(24)19-8-7-13-11-23-9-3-2-4-16(23)20-13/h2-6,9-11H,7-8H2,1H3,(H,19,24)(H,21,22). The minimum atomic E-state index is -0.171. The average Bonchev–Trinajstić information content (AvgIpc) is 3.17. The lowest BCUT2D eigenvalue weighted by molar-refractivity contribution is 0.0950. The highest BCUT2D eigenvalue weighted by molar-refractivity contribution is 6.04. The number of carbonyl (C=O) groups is 1. The molecular formula is C18H17N5O. The number of rotatable bonds is 4. The van der Waals surface area contributed by atoms with Crippen LogP contribution in [0.15, 0.2) is 48.8 Å². The van der Waals surface area contributed by atoms with Gasteiger partial charge in [0.15, 0.2) is 5.69 Å². The fraction of sp³-hybridized carbons (Fsp3) is 0.167. The molecule has 2 N–H and O–H groups in total. The highest BCUT2D eigenvalue weighted by Crippen LogP contribution is 2.17. The zero-order valence-electron chi connectivity index (χ0n) is 13.3. The highest BCUT2D eigenvalue weighted by atomic mass is 16.1. The molecule has 0 atom stereocenters. The van der Waals surface area contributed by atoms with Crippen LogP contribution in [-0.2, 0) is 6.42 Å². The third kappa shape index (κ3) is 2.62. The third-order valence-corrected chi connectivity index (χ3v) is 4.01. The number of carbonyl (C=O) groups excluding carboxylic acids is 1. The van der Waals surface area contributed by atoms with Gasteiger partial charge >= 0.3 is 0 Å². The minimum Gasteiger partial charge on any atom is -0.350 e. The van der Waals surface area contributed by atoms with Gasteiger partial charge in [-0.25, -0.2) is 4.98 Å². The Hall–Kier alpha value is -3.15. The molecule has 0 aliphatic rings. The number of nitrogens with zero attached hydrogens (tertiary/aromatic N) is 3. The molecule has 0 unspecified atom stereocenters. The molecule has 0 radical (unpaired) electrons. The smallest absolute Gasteiger partial charge is 0.272 e. The van der Waals surface area contributed by atoms with Crippen molar-refractivity contribution in [2.45, 2.75) is 13.3 Å². The first-order valence-corrected chi connectivity index (χ1v) is 7.86. The highest BCUT2D eigenvalue weighted by Gasteiger charge is 2.14. The van der Waals surface area contributed by atoms with E-state index in [0.29, 0.717) is 18.7 Å². The van der Waals surface area contributed by atoms with Gasteiger partial charge in [-0.2, -0.15) is 5.10 Å². The van der Waals surface area contributed by atoms with E-state index in [1.54, 1.807) is 0 Å². The lowest BCUT2D eigenvalue weighted by Crippen LogP contribution is -2.26. The van der Waals surface area contributed by atoms with Gasteiger partial charge in [0.05, 0.1) is 11.2 Å². The van der Waals surface area contributed by atoms with Crippen molar-refractivity contribution in [2.75, 3.05) is 6.54 Å². The number of aryl methyl sites for hydroxylation is 1. The van der Waals surface area contributed by atoms with Gasteiger partial charge in [0.1, 0.15) is 5.65 Å². The van der Waals surface area contributed by atoms with Crippen molar-refractivity contribution in [1.82, 2.24) is 24.9 Å². The second kappa shape index (κ2) is 5.81. The molecule has 4 rings (SSSR count). The van der Waals surface area contributed by atoms with Gasteiger partial charge in [-0.15, -0.1) is 0 Å². The molecule has 120 valence electrons. The Morgan fingerprint density at radius 3 is 3.08 bits per heavy atom. The van der Waals surface area contributed by atoms with Crippen LogP contribution in [0, 0.1) is 6.92 Å². The van der Waals surface area contributed by atoms with Gasteiger partial charge in [-0.05, 0) is 31.2 Å². The number of amides is 1. The average molecular weight is 319 g/mol. The number of pyridine rings is 1. The summed E-state index contributed by atoms with van der Waals surface area (Å²) in [6, 6.07) is 11.8. The van der Waals surface area contributed by atoms with Gasteiger partial charge in [0.25, 0.3) is 5.91 Å². The van der Waals surface area contributed by atoms with Gasteiger partial charge in [0.2, 0.25) is 0 Å². The Morgan fingerprint density at radius 2 is 2.21 bits per heavy atom. The molecule has 0 fully saturated rings. The summed E-state index contributed by atoms with van der Waals surface area (Å²) >= 11 is 0. The van der Waals surface area contributed by atoms with E-state index in [-0.39, 0.29) is 5.91 Å². The first-order valence-electron chi connectivity index (χ1n) is 7.86. The van der Waals surface area contributed by atoms with Crippen LogP contribution in [0.25, 0.3) is 16.6 Å². The maximum atomic E-state index is 12.4. The maximum Gasteiger partial charge on any atom is 0.272 e. The molecule has 3 aromatic heterocycles. The summed E-state index contributed by atoms with van der Waals surface area (Å²) < 4.78 is 1.97. The van der Waals surface area contributed by atoms with Crippen molar-refractivity contribution in [3.05, 3.63) is 65.7 Å². The molecule has 0 bridgehead atoms. The minimum absolute atomic E-state index is 0.171. The van der Waals surface area contributed by atoms with Crippen LogP contribution in [0.4, 0.5) is 0 Å². The summed E-state index contributed by atoms with van der Waals surface area (Å²) in [7, 11) is 0. The zero-order chi connectivity index (χ0) is 16.5. The summed E-state index contributed by atoms with van der Waals surface area (Å²) in [5.74, 6) is -0.171. The quantitative estimate of drug-likeness (QED) is 0.607. The molecule has 3 heterocycles. The largest absolute Gasteiger partial charge is 0.350 e. The monoisotopic (exact) mass is 319 g/mol. The van der Waals surface area contributed by atoms with Crippen molar-refractivity contribution >= 4 is 22.5 Å². The van der Waals surface area contributed by atoms with E-state index >= 15 is 0 Å². The van der Waals surface area contributed by atoms with Crippen molar-refractivity contribution in [3.8, 4) is 0 Å². The predicted molar refractivity (Wildman–Crippen MR) is 92.1 cm³/mol. The van der Waals surface area contributed by atoms with Crippen LogP contribution in [0.2, 0.25) is 0 Å². The molecule has 0 saturated heterocycles. The van der Waals surface area contributed by atoms with Gasteiger partial charge in [-0.3, -0.25) is 9.89 Å². The zero-order valence-corrected chi connectivity index (χ0v) is 13.3. The molecular weight excluding hydrogens is 302 g/mol. The second-order valence-corrected chi connectivity index (χ2v) is 5.83. The SMILES string of the molecule is Cc1ccc2[nH]nc(C(=O)NCCc3cn4ccccc4n3)c2c1. The Morgan fingerprint density at radius 1 is 1.29 bits per heavy atom. The number of fused-ring (bicyclic) bond motifs is 2. The summed E-state index contributed by atoms with van der Waals surface area (Å²) in [5, 5.41) is 10.8. The molecule has 24 heavy (non-hydrogen) atoms. The van der Waals surface area contributed by atoms with Crippen LogP contribution < -0.4 is 5.32 Å². The van der Waals surface area contributed by atoms with E-state index < -0.39 is 0 Å². The number of H-pyrrole nitrogens is 1. The summed E-state index contributed by atoms with van der Waals surface area (Å²) in [5.41, 5.74) is 4.26. The number of aromatic nitrogens is 4. The van der Waals surface area contributed by atoms with Crippen molar-refractivity contribution < 1.29 is 4.79 Å². The summed E-state index contributed by atoms with van der Waals surface area (Å²) in [4.78, 5) is 16.9. The van der Waals surface area contributed by atoms with E-state index in [1.807, 2.05) is 60.1 Å². The Bertz CT molecular complexity index is 997. The van der Waals surface area contributed by atoms with E-state index in [1.165, 1.54) is 0 Å². The lowest BCUT2D eigenvalue weighted by Gasteiger charge is -2.02. The van der Waals surface area contributed by atoms with E-state index in [0.717, 1.165) is 27.8 Å². The number of imidazole rings is 1. The molecule has 0 saturated carbocycles. The van der Waals surface area contributed by atoms with E-state index in [2.05, 4.69) is 20.5 Å². The number of nitrogens with one attached hydrogen (secondary N) is 2. The first kappa shape index (κ1) is 14.4. The number of hydrogen-bond acceptors (Lipinski definition) is 3. The molecule has 1 aromatic carbocycles. The van der Waals surface area contributed by atoms with E-state index in [9.17, 15) is 4.79 Å². The molecule has 0 spiro atoms. The summed E-state index contributed by atoms with van der Waals surface area (Å²) in [6.07, 6.45) is 4.62. The Labute approximate surface area is 138 Å². The lowest BCUT2D eigenvalue weighted by atomic mass is 10.1. The van der Waals surface area contributed by atoms with Crippen LogP contribution in [0.3, 0.4) is 0 Å².